The van der Waals surface area contributed by atoms with Crippen molar-refractivity contribution in [3.05, 3.63) is 30.0 Å². The number of fused-ring (bicyclic) bond motifs is 1. The molecule has 1 aromatic heterocycles. The van der Waals surface area contributed by atoms with Gasteiger partial charge in [0.15, 0.2) is 5.69 Å². The van der Waals surface area contributed by atoms with Gasteiger partial charge in [-0.05, 0) is 33.3 Å². The summed E-state index contributed by atoms with van der Waals surface area (Å²) in [5, 5.41) is 12.5. The average Bonchev–Trinajstić information content (AvgIpc) is 2.47. The number of hydrogen-bond acceptors (Lipinski definition) is 5. The van der Waals surface area contributed by atoms with Crippen molar-refractivity contribution in [1.29, 1.82) is 0 Å². The van der Waals surface area contributed by atoms with Crippen molar-refractivity contribution in [3.63, 3.8) is 0 Å². The van der Waals surface area contributed by atoms with Crippen molar-refractivity contribution in [1.82, 2.24) is 10.2 Å². The summed E-state index contributed by atoms with van der Waals surface area (Å²) in [7, 11) is 0. The van der Waals surface area contributed by atoms with Crippen molar-refractivity contribution in [2.24, 2.45) is 0 Å². The van der Waals surface area contributed by atoms with Crippen molar-refractivity contribution in [2.45, 2.75) is 39.7 Å². The minimum Gasteiger partial charge on any atom is -0.461 e. The van der Waals surface area contributed by atoms with Crippen molar-refractivity contribution >= 4 is 22.6 Å². The number of carbonyl (C=O) groups is 1. The lowest BCUT2D eigenvalue weighted by atomic mass is 10.0. The first kappa shape index (κ1) is 15.2. The van der Waals surface area contributed by atoms with Gasteiger partial charge in [0, 0.05) is 10.9 Å². The summed E-state index contributed by atoms with van der Waals surface area (Å²) in [5.41, 5.74) is 1.51. The smallest absolute Gasteiger partial charge is 0.361 e. The Morgan fingerprint density at radius 3 is 2.62 bits per heavy atom. The number of hydrogen-bond donors (Lipinski definition) is 1. The van der Waals surface area contributed by atoms with Gasteiger partial charge in [0.2, 0.25) is 0 Å². The molecule has 112 valence electrons. The molecule has 0 aliphatic heterocycles. The molecule has 0 fully saturated rings. The second kappa shape index (κ2) is 6.08. The highest BCUT2D eigenvalue weighted by atomic mass is 16.5. The molecule has 0 radical (unpaired) electrons. The molecule has 1 heterocycles. The molecule has 0 aliphatic rings. The molecule has 1 N–H and O–H groups in total. The molecule has 5 heteroatoms. The van der Waals surface area contributed by atoms with Crippen LogP contribution in [0.25, 0.3) is 10.9 Å². The third kappa shape index (κ3) is 3.29. The fraction of sp³-hybridized carbons (Fsp3) is 0.438. The molecule has 21 heavy (non-hydrogen) atoms. The molecular formula is C16H21N3O2. The molecule has 5 nitrogen and oxygen atoms in total. The van der Waals surface area contributed by atoms with Crippen LogP contribution in [0.4, 0.5) is 5.69 Å². The molecular weight excluding hydrogens is 266 g/mol. The Kier molecular flexibility index (Phi) is 4.40. The molecule has 2 aromatic rings. The van der Waals surface area contributed by atoms with Gasteiger partial charge < -0.3 is 10.1 Å². The molecule has 0 bridgehead atoms. The Hall–Kier alpha value is -2.17. The molecule has 0 saturated carbocycles. The van der Waals surface area contributed by atoms with Gasteiger partial charge in [-0.2, -0.15) is 0 Å². The maximum Gasteiger partial charge on any atom is 0.361 e. The van der Waals surface area contributed by atoms with Crippen LogP contribution >= 0.6 is 0 Å². The number of benzene rings is 1. The van der Waals surface area contributed by atoms with Gasteiger partial charge in [-0.25, -0.2) is 4.79 Å². The molecule has 1 aromatic carbocycles. The molecule has 0 unspecified atom stereocenters. The average molecular weight is 287 g/mol. The molecule has 0 amide bonds. The fourth-order valence-electron chi connectivity index (χ4n) is 1.95. The summed E-state index contributed by atoms with van der Waals surface area (Å²) in [6.45, 7) is 8.33. The van der Waals surface area contributed by atoms with Gasteiger partial charge in [-0.1, -0.05) is 25.1 Å². The maximum absolute atomic E-state index is 12.1. The van der Waals surface area contributed by atoms with E-state index >= 15 is 0 Å². The first-order valence-electron chi connectivity index (χ1n) is 7.19. The highest BCUT2D eigenvalue weighted by Crippen LogP contribution is 2.28. The number of nitrogens with zero attached hydrogens (tertiary/aromatic N) is 2. The third-order valence-corrected chi connectivity index (χ3v) is 3.48. The van der Waals surface area contributed by atoms with E-state index in [2.05, 4.69) is 36.3 Å². The highest BCUT2D eigenvalue weighted by molar-refractivity contribution is 6.03. The Balaban J connectivity index is 2.60. The summed E-state index contributed by atoms with van der Waals surface area (Å²) in [6.07, 6.45) is 0.909. The van der Waals surface area contributed by atoms with E-state index in [1.54, 1.807) is 6.92 Å². The van der Waals surface area contributed by atoms with Gasteiger partial charge in [0.1, 0.15) is 0 Å². The Bertz CT molecular complexity index is 653. The quantitative estimate of drug-likeness (QED) is 0.854. The normalized spacial score (nSPS) is 11.4. The maximum atomic E-state index is 12.1. The molecule has 2 rings (SSSR count). The number of rotatable bonds is 5. The molecule has 0 saturated heterocycles. The lowest BCUT2D eigenvalue weighted by Gasteiger charge is -2.27. The van der Waals surface area contributed by atoms with Crippen LogP contribution in [-0.4, -0.2) is 28.3 Å². The van der Waals surface area contributed by atoms with E-state index < -0.39 is 5.97 Å². The summed E-state index contributed by atoms with van der Waals surface area (Å²) in [4.78, 5) is 12.1. The minimum atomic E-state index is -0.454. The van der Waals surface area contributed by atoms with E-state index in [1.807, 2.05) is 24.3 Å². The van der Waals surface area contributed by atoms with E-state index in [0.717, 1.165) is 17.3 Å². The number of aromatic nitrogens is 2. The monoisotopic (exact) mass is 287 g/mol. The zero-order chi connectivity index (χ0) is 15.5. The van der Waals surface area contributed by atoms with E-state index in [1.165, 1.54) is 0 Å². The van der Waals surface area contributed by atoms with E-state index in [0.29, 0.717) is 12.3 Å². The second-order valence-corrected chi connectivity index (χ2v) is 5.52. The summed E-state index contributed by atoms with van der Waals surface area (Å²) < 4.78 is 5.08. The lowest BCUT2D eigenvalue weighted by molar-refractivity contribution is 0.0519. The van der Waals surface area contributed by atoms with Gasteiger partial charge in [-0.15, -0.1) is 10.2 Å². The molecule has 0 aliphatic carbocycles. The second-order valence-electron chi connectivity index (χ2n) is 5.52. The zero-order valence-corrected chi connectivity index (χ0v) is 12.9. The van der Waals surface area contributed by atoms with Crippen molar-refractivity contribution in [3.8, 4) is 0 Å². The van der Waals surface area contributed by atoms with Crippen LogP contribution in [-0.2, 0) is 4.74 Å². The lowest BCUT2D eigenvalue weighted by Crippen LogP contribution is -2.31. The summed E-state index contributed by atoms with van der Waals surface area (Å²) >= 11 is 0. The minimum absolute atomic E-state index is 0.160. The largest absolute Gasteiger partial charge is 0.461 e. The molecule has 0 atom stereocenters. The number of nitrogens with one attached hydrogen (secondary N) is 1. The SMILES string of the molecule is CCOC(=O)c1nnc2ccccc2c1NC(C)(C)CC. The van der Waals surface area contributed by atoms with Crippen LogP contribution in [0, 0.1) is 0 Å². The Morgan fingerprint density at radius 1 is 1.24 bits per heavy atom. The van der Waals surface area contributed by atoms with Crippen molar-refractivity contribution < 1.29 is 9.53 Å². The number of ether oxygens (including phenoxy) is 1. The van der Waals surface area contributed by atoms with E-state index in [4.69, 9.17) is 4.74 Å². The zero-order valence-electron chi connectivity index (χ0n) is 12.9. The van der Waals surface area contributed by atoms with E-state index in [-0.39, 0.29) is 11.2 Å². The van der Waals surface area contributed by atoms with Crippen LogP contribution in [0.15, 0.2) is 24.3 Å². The van der Waals surface area contributed by atoms with Crippen LogP contribution in [0.2, 0.25) is 0 Å². The first-order valence-corrected chi connectivity index (χ1v) is 7.19. The predicted octanol–water partition coefficient (Wildman–Crippen LogP) is 3.41. The highest BCUT2D eigenvalue weighted by Gasteiger charge is 2.23. The standard InChI is InChI=1S/C16H21N3O2/c1-5-16(3,4)17-13-11-9-7-8-10-12(11)18-19-14(13)15(20)21-6-2/h7-10H,5-6H2,1-4H3,(H,17,18). The Labute approximate surface area is 124 Å². The van der Waals surface area contributed by atoms with Gasteiger partial charge in [0.25, 0.3) is 0 Å². The molecule has 0 spiro atoms. The number of carbonyl (C=O) groups excluding carboxylic acids is 1. The first-order chi connectivity index (χ1) is 9.98. The predicted molar refractivity (Wildman–Crippen MR) is 83.5 cm³/mol. The Morgan fingerprint density at radius 2 is 1.95 bits per heavy atom. The van der Waals surface area contributed by atoms with Crippen LogP contribution < -0.4 is 5.32 Å². The van der Waals surface area contributed by atoms with Crippen molar-refractivity contribution in [2.75, 3.05) is 11.9 Å². The van der Waals surface area contributed by atoms with Crippen LogP contribution in [0.1, 0.15) is 44.6 Å². The summed E-state index contributed by atoms with van der Waals surface area (Å²) in [5.74, 6) is -0.454. The number of esters is 1. The topological polar surface area (TPSA) is 64.1 Å². The fourth-order valence-corrected chi connectivity index (χ4v) is 1.95. The van der Waals surface area contributed by atoms with Gasteiger partial charge in [0.05, 0.1) is 17.8 Å². The third-order valence-electron chi connectivity index (χ3n) is 3.48. The van der Waals surface area contributed by atoms with Gasteiger partial charge >= 0.3 is 5.97 Å². The van der Waals surface area contributed by atoms with Crippen LogP contribution in [0.5, 0.6) is 0 Å². The van der Waals surface area contributed by atoms with Gasteiger partial charge in [-0.3, -0.25) is 0 Å². The van der Waals surface area contributed by atoms with E-state index in [9.17, 15) is 4.79 Å². The number of anilines is 1. The van der Waals surface area contributed by atoms with Crippen LogP contribution in [0.3, 0.4) is 0 Å². The summed E-state index contributed by atoms with van der Waals surface area (Å²) in [6, 6.07) is 7.63.